The Kier molecular flexibility index (Phi) is 1960. The van der Waals surface area contributed by atoms with Crippen LogP contribution in [0.15, 0.2) is 0 Å². The van der Waals surface area contributed by atoms with Crippen LogP contribution in [0.3, 0.4) is 0 Å². The summed E-state index contributed by atoms with van der Waals surface area (Å²) in [5.74, 6) is 0. The summed E-state index contributed by atoms with van der Waals surface area (Å²) < 4.78 is 0. The molecule has 0 aromatic rings. The number of rotatable bonds is 0. The first-order valence-electron chi connectivity index (χ1n) is 1.13. The van der Waals surface area contributed by atoms with E-state index in [1.807, 2.05) is 0 Å². The van der Waals surface area contributed by atoms with Gasteiger partial charge in [-0.3, -0.25) is 0 Å². The molecule has 0 aromatic carbocycles. The molecule has 6 N–H and O–H groups in total. The van der Waals surface area contributed by atoms with Crippen LogP contribution in [0.2, 0.25) is 0 Å². The largest absolute Gasteiger partial charge is 0.693 e. The predicted octanol–water partition coefficient (Wildman–Crippen LogP) is 5.81. The fourth-order valence-electron chi connectivity index (χ4n) is 0. The summed E-state index contributed by atoms with van der Waals surface area (Å²) in [6.07, 6.45) is 0. The van der Waals surface area contributed by atoms with Crippen molar-refractivity contribution in [1.29, 1.82) is 0 Å². The monoisotopic (exact) mass is 1570 g/mol. The van der Waals surface area contributed by atoms with Crippen molar-refractivity contribution in [2.24, 2.45) is 0 Å². The van der Waals surface area contributed by atoms with Crippen molar-refractivity contribution in [2.45, 2.75) is 59.4 Å². The van der Waals surface area contributed by atoms with Gasteiger partial charge < -0.3 is 22.7 Å². The van der Waals surface area contributed by atoms with Crippen molar-refractivity contribution in [3.05, 3.63) is 32.5 Å². The van der Waals surface area contributed by atoms with Crippen molar-refractivity contribution < 1.29 is 212 Å². The summed E-state index contributed by atoms with van der Waals surface area (Å²) in [4.78, 5) is 16.7. The van der Waals surface area contributed by atoms with E-state index in [1.165, 1.54) is 0 Å². The van der Waals surface area contributed by atoms with Crippen LogP contribution in [-0.4, -0.2) is 20.6 Å². The van der Waals surface area contributed by atoms with Crippen LogP contribution >= 0.6 is 0 Å². The van der Waals surface area contributed by atoms with Crippen molar-refractivity contribution in [2.75, 3.05) is 0 Å². The molecule has 10 nitrogen and oxygen atoms in total. The molecule has 2 radical (unpaired) electrons. The minimum atomic E-state index is -1.50. The molecule has 0 saturated carbocycles. The van der Waals surface area contributed by atoms with E-state index in [1.54, 1.807) is 0 Å². The topological polar surface area (TPSA) is 194 Å². The second-order valence-electron chi connectivity index (χ2n) is 0.476. The van der Waals surface area contributed by atoms with E-state index < -0.39 is 10.2 Å². The van der Waals surface area contributed by atoms with Crippen LogP contribution < -0.4 is 0 Å². The Morgan fingerprint density at radius 1 is 0.462 bits per heavy atom. The molecule has 0 saturated heterocycles. The summed E-state index contributed by atoms with van der Waals surface area (Å²) in [6, 6.07) is 0. The molecule has 0 bridgehead atoms. The van der Waals surface area contributed by atoms with Crippen molar-refractivity contribution >= 4 is 0 Å². The molecule has 0 unspecified atom stereocenters. The van der Waals surface area contributed by atoms with Crippen LogP contribution in [0.4, 0.5) is 0 Å². The Balaban J connectivity index is -0.000000000909. The maximum atomic E-state index is 8.36. The van der Waals surface area contributed by atoms with Crippen molar-refractivity contribution in [1.82, 2.24) is 0 Å². The molecule has 0 atom stereocenters. The van der Waals surface area contributed by atoms with Crippen LogP contribution in [-0.2, 0) is 192 Å². The first-order chi connectivity index (χ1) is 3.46. The average Bonchev–Trinajstić information content (AvgIpc) is 1.25. The third-order valence-corrected chi connectivity index (χ3v) is 0. The Bertz CT molecular complexity index is 115. The van der Waals surface area contributed by atoms with E-state index in [0.717, 1.165) is 0 Å². The summed E-state index contributed by atoms with van der Waals surface area (Å²) in [5.41, 5.74) is 0. The zero-order valence-corrected chi connectivity index (χ0v) is 31.5. The molecule has 0 amide bonds. The Hall–Kier alpha value is 4.66. The van der Waals surface area contributed by atoms with Gasteiger partial charge in [0.25, 0.3) is 10.2 Å². The number of nitrogens with zero attached hydrogens (tertiary/aromatic N) is 2. The third kappa shape index (κ3) is 1010. The quantitative estimate of drug-likeness (QED) is 0.227. The molecule has 0 rings (SSSR count). The first kappa shape index (κ1) is 237. The molecule has 0 fully saturated rings. The molecular weight excluding hydrogens is 1530 g/mol. The minimum absolute atomic E-state index is 0. The minimum Gasteiger partial charge on any atom is -0.693 e. The maximum absolute atomic E-state index is 8.36. The molecule has 0 aliphatic rings. The second-order valence-corrected chi connectivity index (χ2v) is 0.476. The van der Waals surface area contributed by atoms with Crippen molar-refractivity contribution in [3.63, 3.8) is 0 Å². The summed E-state index contributed by atoms with van der Waals surface area (Å²) in [7, 11) is 0. The summed E-state index contributed by atoms with van der Waals surface area (Å²) in [6.45, 7) is 0. The molecule has 0 aromatic heterocycles. The van der Waals surface area contributed by atoms with Gasteiger partial charge in [0.1, 0.15) is 0 Å². The number of hydrogen-bond donors (Lipinski definition) is 2. The Morgan fingerprint density at radius 3 is 0.462 bits per heavy atom. The Morgan fingerprint density at radius 2 is 0.462 bits per heavy atom. The van der Waals surface area contributed by atoms with Gasteiger partial charge in [0, 0.05) is 192 Å². The smallest absolute Gasteiger partial charge is 0.291 e. The van der Waals surface area contributed by atoms with Gasteiger partial charge in [0.2, 0.25) is 0 Å². The van der Waals surface area contributed by atoms with Gasteiger partial charge in [0.15, 0.2) is 0 Å². The van der Waals surface area contributed by atoms with E-state index in [-0.39, 0.29) is 264 Å². The fourth-order valence-corrected chi connectivity index (χ4v) is 0. The van der Waals surface area contributed by atoms with E-state index in [2.05, 4.69) is 0 Å². The number of hydrogen-bond acceptors (Lipinski definition) is 4. The molecular formula is C8H38N4O6W6Y2-2. The fraction of sp³-hybridized carbons (Fsp3) is 1.00. The molecule has 0 aliphatic heterocycles. The van der Waals surface area contributed by atoms with Crippen molar-refractivity contribution in [3.8, 4) is 0 Å². The van der Waals surface area contributed by atoms with Gasteiger partial charge in [-0.25, -0.2) is 0 Å². The molecule has 0 aliphatic carbocycles. The molecule has 0 spiro atoms. The van der Waals surface area contributed by atoms with Gasteiger partial charge in [0.05, 0.1) is 0 Å². The Labute approximate surface area is 299 Å². The predicted molar refractivity (Wildman–Crippen MR) is 82.0 cm³/mol. The molecule has 26 heavy (non-hydrogen) atoms. The van der Waals surface area contributed by atoms with Gasteiger partial charge in [-0.15, -0.1) is 20.2 Å². The number of nitrogens with two attached hydrogens (primary N) is 2. The molecule has 18 heteroatoms. The van der Waals surface area contributed by atoms with E-state index in [0.29, 0.717) is 0 Å². The SMILES string of the molecule is C.C.C.C.C.C.C.C.O=[N+]([O-])O.O=[N+]([O-])O.[NH2-].[NH2-].[W].[W].[W].[W].[W].[W].[Y].[Y]. The summed E-state index contributed by atoms with van der Waals surface area (Å²) in [5, 5.41) is 27.3. The summed E-state index contributed by atoms with van der Waals surface area (Å²) >= 11 is 0. The van der Waals surface area contributed by atoms with Crippen LogP contribution in [0, 0.1) is 20.2 Å². The maximum Gasteiger partial charge on any atom is 0.291 e. The van der Waals surface area contributed by atoms with Crippen LogP contribution in [0.25, 0.3) is 12.3 Å². The van der Waals surface area contributed by atoms with Gasteiger partial charge in [-0.05, 0) is 0 Å². The molecule has 0 heterocycles. The van der Waals surface area contributed by atoms with E-state index in [4.69, 9.17) is 30.6 Å². The standard InChI is InChI=1S/8CH4.2HNO3.2H2N.6W.2Y/c;;;;;;;;2*2-1(3)4;;;;;;;;;;/h8*1H4;2*(H,2,3,4);2*1H2;;;;;;;;/q;;;;;;;;;;2*-1;;;;;;;;. The molecule has 170 valence electrons. The zero-order chi connectivity index (χ0) is 7.15. The first-order valence-corrected chi connectivity index (χ1v) is 1.13. The third-order valence-electron chi connectivity index (χ3n) is 0. The van der Waals surface area contributed by atoms with Gasteiger partial charge >= 0.3 is 0 Å². The normalized spacial score (nSPS) is 1.85. The van der Waals surface area contributed by atoms with Gasteiger partial charge in [-0.1, -0.05) is 59.4 Å². The zero-order valence-electron chi connectivity index (χ0n) is 8.18. The van der Waals surface area contributed by atoms with Gasteiger partial charge in [-0.2, -0.15) is 0 Å². The van der Waals surface area contributed by atoms with Crippen LogP contribution in [0.1, 0.15) is 59.4 Å². The van der Waals surface area contributed by atoms with E-state index >= 15 is 0 Å². The van der Waals surface area contributed by atoms with Crippen LogP contribution in [0.5, 0.6) is 0 Å². The van der Waals surface area contributed by atoms with E-state index in [9.17, 15) is 0 Å². The second kappa shape index (κ2) is 214. The average molecular weight is 1570 g/mol.